The summed E-state index contributed by atoms with van der Waals surface area (Å²) in [4.78, 5) is 24.0. The van der Waals surface area contributed by atoms with Gasteiger partial charge in [0.1, 0.15) is 0 Å². The van der Waals surface area contributed by atoms with E-state index in [0.29, 0.717) is 12.0 Å². The maximum absolute atomic E-state index is 12.5. The van der Waals surface area contributed by atoms with Crippen LogP contribution in [0.5, 0.6) is 0 Å². The Hall–Kier alpha value is -1.06. The molecule has 1 amide bonds. The zero-order valence-electron chi connectivity index (χ0n) is 11.3. The van der Waals surface area contributed by atoms with Gasteiger partial charge in [-0.25, -0.2) is 0 Å². The molecule has 0 unspecified atom stereocenters. The Labute approximate surface area is 113 Å². The van der Waals surface area contributed by atoms with Crippen LogP contribution in [0.3, 0.4) is 0 Å². The molecule has 0 saturated heterocycles. The predicted octanol–water partition coefficient (Wildman–Crippen LogP) is 2.18. The van der Waals surface area contributed by atoms with E-state index in [1.165, 1.54) is 12.8 Å². The van der Waals surface area contributed by atoms with Crippen molar-refractivity contribution in [3.63, 3.8) is 0 Å². The number of aliphatic carboxylic acids is 1. The second-order valence-electron chi connectivity index (χ2n) is 6.55. The van der Waals surface area contributed by atoms with Crippen LogP contribution in [0.25, 0.3) is 0 Å². The monoisotopic (exact) mass is 265 g/mol. The van der Waals surface area contributed by atoms with Gasteiger partial charge < -0.3 is 10.4 Å². The fraction of sp³-hybridized carbons (Fsp3) is 0.867. The van der Waals surface area contributed by atoms with E-state index in [4.69, 9.17) is 0 Å². The maximum atomic E-state index is 12.5. The highest BCUT2D eigenvalue weighted by molar-refractivity contribution is 5.85. The fourth-order valence-electron chi connectivity index (χ4n) is 4.55. The van der Waals surface area contributed by atoms with Gasteiger partial charge in [-0.05, 0) is 50.4 Å². The smallest absolute Gasteiger partial charge is 0.307 e. The SMILES string of the molecule is O=C(O)[C@@H]1C2CCC(CC2)[C@H]1C(=O)NC1CCCC1. The summed E-state index contributed by atoms with van der Waals surface area (Å²) in [6, 6.07) is 0.294. The van der Waals surface area contributed by atoms with Crippen molar-refractivity contribution in [2.24, 2.45) is 23.7 Å². The van der Waals surface area contributed by atoms with Gasteiger partial charge in [0.15, 0.2) is 0 Å². The molecule has 2 bridgehead atoms. The maximum Gasteiger partial charge on any atom is 0.307 e. The summed E-state index contributed by atoms with van der Waals surface area (Å²) in [7, 11) is 0. The topological polar surface area (TPSA) is 66.4 Å². The van der Waals surface area contributed by atoms with Crippen LogP contribution in [0.15, 0.2) is 0 Å². The van der Waals surface area contributed by atoms with E-state index in [2.05, 4.69) is 5.32 Å². The third kappa shape index (κ3) is 2.37. The number of hydrogen-bond acceptors (Lipinski definition) is 2. The van der Waals surface area contributed by atoms with E-state index < -0.39 is 11.9 Å². The molecule has 0 aromatic heterocycles. The zero-order valence-corrected chi connectivity index (χ0v) is 11.3. The van der Waals surface area contributed by atoms with Crippen molar-refractivity contribution in [1.82, 2.24) is 5.32 Å². The summed E-state index contributed by atoms with van der Waals surface area (Å²) < 4.78 is 0. The molecule has 4 heteroatoms. The highest BCUT2D eigenvalue weighted by atomic mass is 16.4. The molecular formula is C15H23NO3. The number of carbonyl (C=O) groups is 2. The average molecular weight is 265 g/mol. The van der Waals surface area contributed by atoms with Crippen LogP contribution in [0.1, 0.15) is 51.4 Å². The van der Waals surface area contributed by atoms with E-state index >= 15 is 0 Å². The van der Waals surface area contributed by atoms with Crippen LogP contribution >= 0.6 is 0 Å². The number of amides is 1. The van der Waals surface area contributed by atoms with Crippen LogP contribution in [0, 0.1) is 23.7 Å². The molecule has 106 valence electrons. The number of hydrogen-bond donors (Lipinski definition) is 2. The summed E-state index contributed by atoms with van der Waals surface area (Å²) in [5.41, 5.74) is 0. The largest absolute Gasteiger partial charge is 0.481 e. The molecular weight excluding hydrogens is 242 g/mol. The van der Waals surface area contributed by atoms with E-state index in [1.54, 1.807) is 0 Å². The zero-order chi connectivity index (χ0) is 13.4. The lowest BCUT2D eigenvalue weighted by atomic mass is 9.58. The van der Waals surface area contributed by atoms with Crippen molar-refractivity contribution in [2.75, 3.05) is 0 Å². The van der Waals surface area contributed by atoms with Crippen molar-refractivity contribution in [2.45, 2.75) is 57.4 Å². The van der Waals surface area contributed by atoms with Gasteiger partial charge in [0.2, 0.25) is 5.91 Å². The normalized spacial score (nSPS) is 38.3. The van der Waals surface area contributed by atoms with Gasteiger partial charge in [-0.15, -0.1) is 0 Å². The molecule has 19 heavy (non-hydrogen) atoms. The molecule has 4 fully saturated rings. The predicted molar refractivity (Wildman–Crippen MR) is 70.5 cm³/mol. The molecule has 2 N–H and O–H groups in total. The number of carbonyl (C=O) groups excluding carboxylic acids is 1. The molecule has 0 spiro atoms. The second kappa shape index (κ2) is 5.14. The number of carboxylic acid groups (broad SMARTS) is 1. The van der Waals surface area contributed by atoms with Crippen molar-refractivity contribution in [3.05, 3.63) is 0 Å². The highest BCUT2D eigenvalue weighted by Crippen LogP contribution is 2.49. The molecule has 0 aromatic rings. The fourth-order valence-corrected chi connectivity index (χ4v) is 4.55. The lowest BCUT2D eigenvalue weighted by molar-refractivity contribution is -0.158. The summed E-state index contributed by atoms with van der Waals surface area (Å²) in [6.07, 6.45) is 8.56. The van der Waals surface area contributed by atoms with Crippen molar-refractivity contribution < 1.29 is 14.7 Å². The Kier molecular flexibility index (Phi) is 3.50. The van der Waals surface area contributed by atoms with Crippen LogP contribution in [-0.2, 0) is 9.59 Å². The van der Waals surface area contributed by atoms with Crippen molar-refractivity contribution in [3.8, 4) is 0 Å². The van der Waals surface area contributed by atoms with E-state index in [1.807, 2.05) is 0 Å². The van der Waals surface area contributed by atoms with Gasteiger partial charge in [0.25, 0.3) is 0 Å². The van der Waals surface area contributed by atoms with Gasteiger partial charge in [-0.1, -0.05) is 12.8 Å². The minimum atomic E-state index is -0.763. The molecule has 0 aromatic carbocycles. The molecule has 4 saturated carbocycles. The van der Waals surface area contributed by atoms with Gasteiger partial charge in [0.05, 0.1) is 11.8 Å². The van der Waals surface area contributed by atoms with Gasteiger partial charge >= 0.3 is 5.97 Å². The average Bonchev–Trinajstić information content (AvgIpc) is 2.91. The lowest BCUT2D eigenvalue weighted by Gasteiger charge is -2.46. The number of fused-ring (bicyclic) bond motifs is 3. The first kappa shape index (κ1) is 12.9. The third-order valence-electron chi connectivity index (χ3n) is 5.51. The summed E-state index contributed by atoms with van der Waals surface area (Å²) >= 11 is 0. The minimum Gasteiger partial charge on any atom is -0.481 e. The third-order valence-corrected chi connectivity index (χ3v) is 5.51. The number of rotatable bonds is 3. The molecule has 2 atom stereocenters. The molecule has 0 heterocycles. The first-order chi connectivity index (χ1) is 9.16. The quantitative estimate of drug-likeness (QED) is 0.822. The molecule has 0 aliphatic heterocycles. The van der Waals surface area contributed by atoms with E-state index in [-0.39, 0.29) is 17.7 Å². The highest BCUT2D eigenvalue weighted by Gasteiger charge is 2.50. The second-order valence-corrected chi connectivity index (χ2v) is 6.55. The van der Waals surface area contributed by atoms with E-state index in [0.717, 1.165) is 38.5 Å². The molecule has 4 aliphatic rings. The lowest BCUT2D eigenvalue weighted by Crippen LogP contribution is -2.52. The van der Waals surface area contributed by atoms with Crippen LogP contribution in [-0.4, -0.2) is 23.0 Å². The Bertz CT molecular complexity index is 368. The standard InChI is InChI=1S/C15H23NO3/c17-14(16-11-3-1-2-4-11)12-9-5-7-10(8-6-9)13(12)15(18)19/h9-13H,1-8H2,(H,16,17)(H,18,19)/t9?,10?,12-,13-/m1/s1. The molecule has 4 nitrogen and oxygen atoms in total. The van der Waals surface area contributed by atoms with Crippen LogP contribution < -0.4 is 5.32 Å². The van der Waals surface area contributed by atoms with Gasteiger partial charge in [-0.2, -0.15) is 0 Å². The Morgan fingerprint density at radius 3 is 1.89 bits per heavy atom. The van der Waals surface area contributed by atoms with E-state index in [9.17, 15) is 14.7 Å². The molecule has 0 radical (unpaired) electrons. The first-order valence-corrected chi connectivity index (χ1v) is 7.70. The Morgan fingerprint density at radius 2 is 1.37 bits per heavy atom. The Morgan fingerprint density at radius 1 is 0.842 bits per heavy atom. The van der Waals surface area contributed by atoms with Crippen LogP contribution in [0.4, 0.5) is 0 Å². The summed E-state index contributed by atoms with van der Waals surface area (Å²) in [5, 5.41) is 12.6. The van der Waals surface area contributed by atoms with Crippen molar-refractivity contribution in [1.29, 1.82) is 0 Å². The Balaban J connectivity index is 1.72. The number of carboxylic acids is 1. The minimum absolute atomic E-state index is 0.0219. The van der Waals surface area contributed by atoms with Gasteiger partial charge in [-0.3, -0.25) is 9.59 Å². The van der Waals surface area contributed by atoms with Gasteiger partial charge in [0, 0.05) is 6.04 Å². The van der Waals surface area contributed by atoms with Crippen molar-refractivity contribution >= 4 is 11.9 Å². The molecule has 4 rings (SSSR count). The summed E-state index contributed by atoms with van der Waals surface area (Å²) in [6.45, 7) is 0. The summed E-state index contributed by atoms with van der Waals surface area (Å²) in [5.74, 6) is -0.927. The number of nitrogens with one attached hydrogen (secondary N) is 1. The molecule has 4 aliphatic carbocycles. The van der Waals surface area contributed by atoms with Crippen LogP contribution in [0.2, 0.25) is 0 Å². The first-order valence-electron chi connectivity index (χ1n) is 7.70.